The van der Waals surface area contributed by atoms with Gasteiger partial charge in [0, 0.05) is 23.9 Å². The molecule has 2 aromatic heterocycles. The highest BCUT2D eigenvalue weighted by molar-refractivity contribution is 7.16. The Kier molecular flexibility index (Phi) is 8.99. The SMILES string of the molecule is Cc1ccc(C(=O)Nc2cc(C(F)(F)F)ccn2)cc1C#Cc1cnc(NC(=O)NCCCCN)s1. The van der Waals surface area contributed by atoms with Gasteiger partial charge in [0.2, 0.25) is 0 Å². The van der Waals surface area contributed by atoms with Gasteiger partial charge >= 0.3 is 12.2 Å². The Labute approximate surface area is 209 Å². The van der Waals surface area contributed by atoms with Gasteiger partial charge in [0.15, 0.2) is 5.13 Å². The van der Waals surface area contributed by atoms with Gasteiger partial charge in [-0.25, -0.2) is 14.8 Å². The number of halogens is 3. The first kappa shape index (κ1) is 26.7. The topological polar surface area (TPSA) is 122 Å². The maximum absolute atomic E-state index is 12.9. The number of rotatable bonds is 7. The summed E-state index contributed by atoms with van der Waals surface area (Å²) in [4.78, 5) is 33.0. The second-order valence-electron chi connectivity index (χ2n) is 7.57. The maximum Gasteiger partial charge on any atom is 0.416 e. The molecule has 36 heavy (non-hydrogen) atoms. The van der Waals surface area contributed by atoms with Crippen LogP contribution in [0.25, 0.3) is 0 Å². The van der Waals surface area contributed by atoms with Crippen molar-refractivity contribution in [2.75, 3.05) is 23.7 Å². The van der Waals surface area contributed by atoms with Crippen LogP contribution < -0.4 is 21.7 Å². The van der Waals surface area contributed by atoms with Gasteiger partial charge in [0.05, 0.1) is 16.6 Å². The van der Waals surface area contributed by atoms with Crippen molar-refractivity contribution in [2.24, 2.45) is 5.73 Å². The van der Waals surface area contributed by atoms with Crippen LogP contribution in [-0.4, -0.2) is 35.0 Å². The number of aromatic nitrogens is 2. The summed E-state index contributed by atoms with van der Waals surface area (Å²) < 4.78 is 38.7. The van der Waals surface area contributed by atoms with Crippen LogP contribution in [0.3, 0.4) is 0 Å². The summed E-state index contributed by atoms with van der Waals surface area (Å²) in [5.74, 6) is 5.08. The van der Waals surface area contributed by atoms with E-state index in [9.17, 15) is 22.8 Å². The van der Waals surface area contributed by atoms with Gasteiger partial charge in [-0.2, -0.15) is 13.2 Å². The molecule has 0 fully saturated rings. The zero-order valence-electron chi connectivity index (χ0n) is 19.2. The van der Waals surface area contributed by atoms with E-state index in [0.29, 0.717) is 28.7 Å². The number of carbonyl (C=O) groups excluding carboxylic acids is 2. The Hall–Kier alpha value is -3.95. The van der Waals surface area contributed by atoms with Crippen molar-refractivity contribution in [1.29, 1.82) is 0 Å². The van der Waals surface area contributed by atoms with Crippen LogP contribution in [0.5, 0.6) is 0 Å². The van der Waals surface area contributed by atoms with E-state index in [4.69, 9.17) is 5.73 Å². The molecule has 0 radical (unpaired) electrons. The highest BCUT2D eigenvalue weighted by Gasteiger charge is 2.30. The summed E-state index contributed by atoms with van der Waals surface area (Å²) in [6, 6.07) is 6.00. The van der Waals surface area contributed by atoms with Crippen molar-refractivity contribution < 1.29 is 22.8 Å². The van der Waals surface area contributed by atoms with Gasteiger partial charge < -0.3 is 16.4 Å². The lowest BCUT2D eigenvalue weighted by molar-refractivity contribution is -0.137. The molecule has 12 heteroatoms. The number of thiazole rings is 1. The first-order valence-corrected chi connectivity index (χ1v) is 11.7. The van der Waals surface area contributed by atoms with E-state index in [1.165, 1.54) is 17.5 Å². The van der Waals surface area contributed by atoms with Crippen LogP contribution in [0, 0.1) is 18.8 Å². The number of anilines is 2. The van der Waals surface area contributed by atoms with E-state index in [1.54, 1.807) is 18.2 Å². The van der Waals surface area contributed by atoms with Gasteiger partial charge in [-0.05, 0) is 62.1 Å². The van der Waals surface area contributed by atoms with Crippen molar-refractivity contribution in [2.45, 2.75) is 25.9 Å². The van der Waals surface area contributed by atoms with E-state index in [1.807, 2.05) is 6.92 Å². The fourth-order valence-electron chi connectivity index (χ4n) is 2.89. The lowest BCUT2D eigenvalue weighted by atomic mass is 10.0. The molecule has 0 saturated carbocycles. The molecule has 5 N–H and O–H groups in total. The quantitative estimate of drug-likeness (QED) is 0.274. The second kappa shape index (κ2) is 12.1. The van der Waals surface area contributed by atoms with Crippen LogP contribution in [0.2, 0.25) is 0 Å². The monoisotopic (exact) mass is 516 g/mol. The largest absolute Gasteiger partial charge is 0.416 e. The van der Waals surface area contributed by atoms with E-state index >= 15 is 0 Å². The summed E-state index contributed by atoms with van der Waals surface area (Å²) in [5.41, 5.74) is 6.07. The highest BCUT2D eigenvalue weighted by atomic mass is 32.1. The number of alkyl halides is 3. The molecule has 3 rings (SSSR count). The molecule has 188 valence electrons. The number of hydrogen-bond donors (Lipinski definition) is 4. The number of hydrogen-bond acceptors (Lipinski definition) is 6. The van der Waals surface area contributed by atoms with Crippen LogP contribution >= 0.6 is 11.3 Å². The van der Waals surface area contributed by atoms with Gasteiger partial charge in [0.25, 0.3) is 5.91 Å². The first-order valence-electron chi connectivity index (χ1n) is 10.8. The van der Waals surface area contributed by atoms with Crippen molar-refractivity contribution in [3.8, 4) is 11.8 Å². The Balaban J connectivity index is 1.66. The number of unbranched alkanes of at least 4 members (excludes halogenated alkanes) is 1. The van der Waals surface area contributed by atoms with E-state index < -0.39 is 17.6 Å². The molecule has 0 bridgehead atoms. The fourth-order valence-corrected chi connectivity index (χ4v) is 3.56. The number of urea groups is 1. The molecule has 0 atom stereocenters. The van der Waals surface area contributed by atoms with Gasteiger partial charge in [-0.15, -0.1) is 0 Å². The lowest BCUT2D eigenvalue weighted by Gasteiger charge is -2.09. The molecule has 0 saturated heterocycles. The normalized spacial score (nSPS) is 10.8. The van der Waals surface area contributed by atoms with Crippen molar-refractivity contribution in [3.63, 3.8) is 0 Å². The molecule has 0 unspecified atom stereocenters. The number of amides is 3. The number of nitrogens with two attached hydrogens (primary N) is 1. The Morgan fingerprint density at radius 1 is 1.08 bits per heavy atom. The van der Waals surface area contributed by atoms with Gasteiger partial charge in [-0.1, -0.05) is 23.3 Å². The third-order valence-corrected chi connectivity index (χ3v) is 5.62. The molecule has 0 aliphatic rings. The third-order valence-electron chi connectivity index (χ3n) is 4.79. The standard InChI is InChI=1S/C24H23F3N6O2S/c1-15-4-5-17(21(34)32-20-13-18(8-11-29-20)24(25,26)27)12-16(15)6-7-19-14-31-23(36-19)33-22(35)30-10-3-2-9-28/h4-5,8,11-14H,2-3,9-10,28H2,1H3,(H,29,32,34)(H2,30,31,33,35). The molecule has 3 amide bonds. The number of pyridine rings is 1. The molecule has 0 aliphatic heterocycles. The smallest absolute Gasteiger partial charge is 0.338 e. The number of aryl methyl sites for hydroxylation is 1. The van der Waals surface area contributed by atoms with Crippen molar-refractivity contribution in [3.05, 3.63) is 69.9 Å². The molecule has 0 spiro atoms. The Morgan fingerprint density at radius 2 is 1.89 bits per heavy atom. The minimum atomic E-state index is -4.55. The second-order valence-corrected chi connectivity index (χ2v) is 8.60. The minimum absolute atomic E-state index is 0.210. The zero-order chi connectivity index (χ0) is 26.1. The predicted molar refractivity (Wildman–Crippen MR) is 132 cm³/mol. The van der Waals surface area contributed by atoms with E-state index in [-0.39, 0.29) is 17.4 Å². The fraction of sp³-hybridized carbons (Fsp3) is 0.250. The maximum atomic E-state index is 12.9. The summed E-state index contributed by atoms with van der Waals surface area (Å²) >= 11 is 1.19. The predicted octanol–water partition coefficient (Wildman–Crippen LogP) is 4.38. The summed E-state index contributed by atoms with van der Waals surface area (Å²) in [6.07, 6.45) is -0.441. The average Bonchev–Trinajstić information content (AvgIpc) is 3.28. The first-order chi connectivity index (χ1) is 17.2. The Bertz CT molecular complexity index is 1300. The van der Waals surface area contributed by atoms with E-state index in [0.717, 1.165) is 36.7 Å². The Morgan fingerprint density at radius 3 is 2.64 bits per heavy atom. The number of benzene rings is 1. The summed E-state index contributed by atoms with van der Waals surface area (Å²) in [5, 5.41) is 8.11. The molecule has 1 aromatic carbocycles. The molecule has 3 aromatic rings. The molecular weight excluding hydrogens is 493 g/mol. The van der Waals surface area contributed by atoms with Crippen LogP contribution in [0.1, 0.15) is 44.8 Å². The summed E-state index contributed by atoms with van der Waals surface area (Å²) in [7, 11) is 0. The van der Waals surface area contributed by atoms with Crippen LogP contribution in [-0.2, 0) is 6.18 Å². The van der Waals surface area contributed by atoms with Crippen LogP contribution in [0.15, 0.2) is 42.7 Å². The lowest BCUT2D eigenvalue weighted by Crippen LogP contribution is -2.29. The van der Waals surface area contributed by atoms with Crippen LogP contribution in [0.4, 0.5) is 28.9 Å². The number of nitrogens with zero attached hydrogens (tertiary/aromatic N) is 2. The molecule has 2 heterocycles. The number of carbonyl (C=O) groups is 2. The molecule has 8 nitrogen and oxygen atoms in total. The third kappa shape index (κ3) is 7.79. The van der Waals surface area contributed by atoms with Gasteiger partial charge in [-0.3, -0.25) is 10.1 Å². The van der Waals surface area contributed by atoms with Crippen molar-refractivity contribution in [1.82, 2.24) is 15.3 Å². The average molecular weight is 517 g/mol. The minimum Gasteiger partial charge on any atom is -0.338 e. The van der Waals surface area contributed by atoms with E-state index in [2.05, 4.69) is 37.8 Å². The van der Waals surface area contributed by atoms with Gasteiger partial charge in [0.1, 0.15) is 5.82 Å². The summed E-state index contributed by atoms with van der Waals surface area (Å²) in [6.45, 7) is 2.89. The number of nitrogens with one attached hydrogen (secondary N) is 3. The molecular formula is C24H23F3N6O2S. The molecule has 0 aliphatic carbocycles. The zero-order valence-corrected chi connectivity index (χ0v) is 20.0. The highest BCUT2D eigenvalue weighted by Crippen LogP contribution is 2.30. The van der Waals surface area contributed by atoms with Crippen molar-refractivity contribution >= 4 is 34.2 Å².